The Morgan fingerprint density at radius 2 is 1.76 bits per heavy atom. The van der Waals surface area contributed by atoms with Crippen molar-refractivity contribution >= 4 is 40.3 Å². The molecule has 0 spiro atoms. The zero-order chi connectivity index (χ0) is 25.7. The lowest BCUT2D eigenvalue weighted by atomic mass is 9.86. The Bertz CT molecular complexity index is 1540. The number of piperazine rings is 1. The van der Waals surface area contributed by atoms with E-state index >= 15 is 0 Å². The van der Waals surface area contributed by atoms with Crippen LogP contribution in [0.15, 0.2) is 72.8 Å². The van der Waals surface area contributed by atoms with Crippen molar-refractivity contribution < 1.29 is 19.1 Å². The molecule has 2 amide bonds. The summed E-state index contributed by atoms with van der Waals surface area (Å²) in [6.45, 7) is 0.237. The summed E-state index contributed by atoms with van der Waals surface area (Å²) in [5.74, 6) is -0.673. The van der Waals surface area contributed by atoms with Gasteiger partial charge in [-0.3, -0.25) is 9.59 Å². The zero-order valence-electron chi connectivity index (χ0n) is 20.1. The number of hydrogen-bond donors (Lipinski definition) is 1. The van der Waals surface area contributed by atoms with E-state index in [0.717, 1.165) is 33.3 Å². The van der Waals surface area contributed by atoms with Crippen molar-refractivity contribution in [3.05, 3.63) is 106 Å². The zero-order valence-corrected chi connectivity index (χ0v) is 20.9. The van der Waals surface area contributed by atoms with Gasteiger partial charge in [-0.1, -0.05) is 60.1 Å². The minimum atomic E-state index is -0.652. The number of carbonyl (C=O) groups excluding carboxylic acids is 3. The molecule has 2 atom stereocenters. The molecule has 37 heavy (non-hydrogen) atoms. The van der Waals surface area contributed by atoms with Crippen molar-refractivity contribution in [3.8, 4) is 0 Å². The van der Waals surface area contributed by atoms with Crippen LogP contribution < -0.4 is 0 Å². The molecule has 6 rings (SSSR count). The van der Waals surface area contributed by atoms with E-state index in [0.29, 0.717) is 17.0 Å². The molecule has 0 aliphatic carbocycles. The third kappa shape index (κ3) is 3.86. The van der Waals surface area contributed by atoms with E-state index in [4.69, 9.17) is 16.3 Å². The van der Waals surface area contributed by atoms with Crippen LogP contribution in [0.1, 0.15) is 38.8 Å². The average molecular weight is 514 g/mol. The number of aromatic nitrogens is 1. The fraction of sp³-hybridized carbons (Fsp3) is 0.207. The number of aromatic amines is 1. The summed E-state index contributed by atoms with van der Waals surface area (Å²) in [6, 6.07) is 21.2. The van der Waals surface area contributed by atoms with Crippen molar-refractivity contribution in [2.45, 2.75) is 25.0 Å². The van der Waals surface area contributed by atoms with Crippen LogP contribution in [0.4, 0.5) is 0 Å². The predicted molar refractivity (Wildman–Crippen MR) is 139 cm³/mol. The maximum Gasteiger partial charge on any atom is 0.337 e. The minimum Gasteiger partial charge on any atom is -0.465 e. The lowest BCUT2D eigenvalue weighted by Gasteiger charge is -2.47. The van der Waals surface area contributed by atoms with E-state index < -0.39 is 18.1 Å². The fourth-order valence-electron chi connectivity index (χ4n) is 5.56. The van der Waals surface area contributed by atoms with Gasteiger partial charge in [-0.05, 0) is 41.0 Å². The Kier molecular flexibility index (Phi) is 5.72. The average Bonchev–Trinajstić information content (AvgIpc) is 3.29. The molecule has 0 radical (unpaired) electrons. The van der Waals surface area contributed by atoms with E-state index in [1.54, 1.807) is 28.0 Å². The number of rotatable bonds is 4. The number of ether oxygens (including phenoxy) is 1. The van der Waals surface area contributed by atoms with Gasteiger partial charge in [0.25, 0.3) is 0 Å². The molecular formula is C29H24ClN3O4. The molecule has 3 aromatic carbocycles. The molecule has 4 aromatic rings. The molecular weight excluding hydrogens is 490 g/mol. The second-order valence-corrected chi connectivity index (χ2v) is 9.79. The highest BCUT2D eigenvalue weighted by Gasteiger charge is 2.48. The van der Waals surface area contributed by atoms with Gasteiger partial charge in [-0.25, -0.2) is 4.79 Å². The number of halogens is 1. The molecule has 2 aliphatic heterocycles. The van der Waals surface area contributed by atoms with Crippen LogP contribution in [0.25, 0.3) is 10.9 Å². The summed E-state index contributed by atoms with van der Waals surface area (Å²) in [7, 11) is 1.34. The van der Waals surface area contributed by atoms with Crippen molar-refractivity contribution in [2.24, 2.45) is 0 Å². The first-order valence-electron chi connectivity index (χ1n) is 12.1. The van der Waals surface area contributed by atoms with Gasteiger partial charge in [0.1, 0.15) is 12.6 Å². The second kappa shape index (κ2) is 9.09. The van der Waals surface area contributed by atoms with Crippen LogP contribution in [0.2, 0.25) is 5.02 Å². The van der Waals surface area contributed by atoms with Crippen molar-refractivity contribution in [3.63, 3.8) is 0 Å². The molecule has 3 heterocycles. The van der Waals surface area contributed by atoms with Gasteiger partial charge in [0, 0.05) is 34.6 Å². The van der Waals surface area contributed by atoms with Gasteiger partial charge < -0.3 is 19.5 Å². The van der Waals surface area contributed by atoms with Crippen LogP contribution in [-0.4, -0.2) is 52.3 Å². The predicted octanol–water partition coefficient (Wildman–Crippen LogP) is 4.49. The molecule has 1 aromatic heterocycles. The third-order valence-electron chi connectivity index (χ3n) is 7.31. The molecule has 1 fully saturated rings. The van der Waals surface area contributed by atoms with Crippen LogP contribution in [0.5, 0.6) is 0 Å². The van der Waals surface area contributed by atoms with Crippen LogP contribution in [0.3, 0.4) is 0 Å². The van der Waals surface area contributed by atoms with Crippen molar-refractivity contribution in [2.75, 3.05) is 13.7 Å². The maximum absolute atomic E-state index is 13.9. The highest BCUT2D eigenvalue weighted by molar-refractivity contribution is 6.31. The Morgan fingerprint density at radius 3 is 2.51 bits per heavy atom. The van der Waals surface area contributed by atoms with Crippen LogP contribution in [0, 0.1) is 0 Å². The highest BCUT2D eigenvalue weighted by atomic mass is 35.5. The Morgan fingerprint density at radius 1 is 1.03 bits per heavy atom. The molecule has 8 heteroatoms. The molecule has 1 saturated heterocycles. The Hall–Kier alpha value is -4.10. The number of nitrogens with zero attached hydrogens (tertiary/aromatic N) is 2. The number of benzene rings is 3. The number of methoxy groups -OCH3 is 1. The summed E-state index contributed by atoms with van der Waals surface area (Å²) in [5, 5.41) is 1.60. The molecule has 2 aliphatic rings. The summed E-state index contributed by atoms with van der Waals surface area (Å²) in [5.41, 5.74) is 4.91. The van der Waals surface area contributed by atoms with Crippen LogP contribution in [-0.2, 0) is 27.3 Å². The Balaban J connectivity index is 1.44. The summed E-state index contributed by atoms with van der Waals surface area (Å²) in [6.07, 6.45) is 0.416. The van der Waals surface area contributed by atoms with Crippen molar-refractivity contribution in [1.82, 2.24) is 14.8 Å². The molecule has 1 N–H and O–H groups in total. The van der Waals surface area contributed by atoms with E-state index in [9.17, 15) is 14.4 Å². The normalized spacial score (nSPS) is 19.1. The molecule has 7 nitrogen and oxygen atoms in total. The largest absolute Gasteiger partial charge is 0.465 e. The van der Waals surface area contributed by atoms with Gasteiger partial charge in [0.15, 0.2) is 0 Å². The summed E-state index contributed by atoms with van der Waals surface area (Å²) in [4.78, 5) is 46.4. The smallest absolute Gasteiger partial charge is 0.337 e. The molecule has 0 saturated carbocycles. The van der Waals surface area contributed by atoms with Gasteiger partial charge in [0.05, 0.1) is 18.7 Å². The number of esters is 1. The number of H-pyrrole nitrogens is 1. The summed E-state index contributed by atoms with van der Waals surface area (Å²) < 4.78 is 4.83. The first kappa shape index (κ1) is 23.3. The quantitative estimate of drug-likeness (QED) is 0.407. The standard InChI is InChI=1S/C29H24ClN3O4/c1-37-29(36)18-12-10-17(11-13-18)27-26-21(20-7-3-5-9-23(20)31-26)14-24-28(35)32(16-25(34)33(24)27)15-19-6-2-4-8-22(19)30/h2-13,24,27,31H,14-16H2,1H3. The van der Waals surface area contributed by atoms with Crippen molar-refractivity contribution in [1.29, 1.82) is 0 Å². The first-order valence-corrected chi connectivity index (χ1v) is 12.4. The highest BCUT2D eigenvalue weighted by Crippen LogP contribution is 2.42. The number of nitrogens with one attached hydrogen (secondary N) is 1. The number of amides is 2. The van der Waals surface area contributed by atoms with E-state index in [-0.39, 0.29) is 24.9 Å². The van der Waals surface area contributed by atoms with Gasteiger partial charge in [-0.2, -0.15) is 0 Å². The maximum atomic E-state index is 13.9. The SMILES string of the molecule is COC(=O)c1ccc(C2c3[nH]c4ccccc4c3CC3C(=O)N(Cc4ccccc4Cl)CC(=O)N32)cc1. The lowest BCUT2D eigenvalue weighted by molar-refractivity contribution is -0.159. The van der Waals surface area contributed by atoms with Crippen LogP contribution >= 0.6 is 11.6 Å². The monoisotopic (exact) mass is 513 g/mol. The van der Waals surface area contributed by atoms with Gasteiger partial charge in [0.2, 0.25) is 11.8 Å². The van der Waals surface area contributed by atoms with E-state index in [1.165, 1.54) is 7.11 Å². The number of para-hydroxylation sites is 1. The number of carbonyl (C=O) groups is 3. The minimum absolute atomic E-state index is 0.0349. The van der Waals surface area contributed by atoms with E-state index in [1.807, 2.05) is 54.6 Å². The molecule has 2 unspecified atom stereocenters. The van der Waals surface area contributed by atoms with Gasteiger partial charge in [-0.15, -0.1) is 0 Å². The van der Waals surface area contributed by atoms with Gasteiger partial charge >= 0.3 is 5.97 Å². The second-order valence-electron chi connectivity index (χ2n) is 9.39. The first-order chi connectivity index (χ1) is 18.0. The topological polar surface area (TPSA) is 82.7 Å². The lowest BCUT2D eigenvalue weighted by Crippen LogP contribution is -2.62. The summed E-state index contributed by atoms with van der Waals surface area (Å²) >= 11 is 6.36. The fourth-order valence-corrected chi connectivity index (χ4v) is 5.75. The van der Waals surface area contributed by atoms with E-state index in [2.05, 4.69) is 4.98 Å². The number of fused-ring (bicyclic) bond motifs is 4. The Labute approximate surface area is 218 Å². The number of hydrogen-bond acceptors (Lipinski definition) is 4. The molecule has 186 valence electrons. The molecule has 0 bridgehead atoms. The third-order valence-corrected chi connectivity index (χ3v) is 7.68.